The molecule has 0 saturated heterocycles. The van der Waals surface area contributed by atoms with E-state index in [2.05, 4.69) is 41.7 Å². The Kier molecular flexibility index (Phi) is 20.0. The smallest absolute Gasteiger partial charge is 0.258 e. The van der Waals surface area contributed by atoms with Crippen molar-refractivity contribution in [1.82, 2.24) is 0 Å². The lowest BCUT2D eigenvalue weighted by Crippen LogP contribution is -2.32. The third-order valence-electron chi connectivity index (χ3n) is 9.93. The number of aryl methyl sites for hydroxylation is 3. The van der Waals surface area contributed by atoms with Gasteiger partial charge in [0.05, 0.1) is 24.3 Å². The van der Waals surface area contributed by atoms with Gasteiger partial charge < -0.3 is 30.7 Å². The Morgan fingerprint density at radius 2 is 0.971 bits per heavy atom. The largest absolute Gasteiger partial charge is 0.497 e. The Morgan fingerprint density at radius 1 is 0.522 bits per heavy atom. The molecule has 2 atom stereocenters. The van der Waals surface area contributed by atoms with Crippen LogP contribution < -0.4 is 30.7 Å². The van der Waals surface area contributed by atoms with E-state index >= 15 is 0 Å². The summed E-state index contributed by atoms with van der Waals surface area (Å²) in [6, 6.07) is 20.2. The topological polar surface area (TPSA) is 218 Å². The summed E-state index contributed by atoms with van der Waals surface area (Å²) < 4.78 is 10.7. The van der Waals surface area contributed by atoms with E-state index in [1.54, 1.807) is 24.3 Å². The van der Waals surface area contributed by atoms with Gasteiger partial charge in [0.15, 0.2) is 11.6 Å². The van der Waals surface area contributed by atoms with Crippen LogP contribution in [0, 0.1) is 0 Å². The zero-order chi connectivity index (χ0) is 50.2. The van der Waals surface area contributed by atoms with E-state index in [-0.39, 0.29) is 56.2 Å². The number of carbonyl (C=O) groups is 6. The van der Waals surface area contributed by atoms with Crippen LogP contribution in [0.3, 0.4) is 0 Å². The third kappa shape index (κ3) is 15.3. The summed E-state index contributed by atoms with van der Waals surface area (Å²) in [6.07, 6.45) is 1.31. The molecule has 4 amide bonds. The number of nitrogens with one attached hydrogen (secondary N) is 4. The summed E-state index contributed by atoms with van der Waals surface area (Å²) in [5.74, 6) is -2.08. The Hall–Kier alpha value is -6.43. The number of azo groups is 2. The second kappa shape index (κ2) is 25.8. The number of ketones is 2. The fourth-order valence-corrected chi connectivity index (χ4v) is 7.42. The number of alkyl halides is 3. The van der Waals surface area contributed by atoms with Crippen LogP contribution in [0.4, 0.5) is 34.1 Å². The van der Waals surface area contributed by atoms with Crippen LogP contribution in [0.15, 0.2) is 111 Å². The van der Waals surface area contributed by atoms with Crippen molar-refractivity contribution in [2.45, 2.75) is 45.2 Å². The van der Waals surface area contributed by atoms with E-state index in [4.69, 9.17) is 67.5 Å². The van der Waals surface area contributed by atoms with Crippen molar-refractivity contribution in [2.24, 2.45) is 20.5 Å². The second-order valence-electron chi connectivity index (χ2n) is 15.0. The fraction of sp³-hybridized carbons (Fsp3) is 0.250. The van der Waals surface area contributed by atoms with Gasteiger partial charge in [-0.05, 0) is 129 Å². The first-order valence-corrected chi connectivity index (χ1v) is 23.2. The van der Waals surface area contributed by atoms with Gasteiger partial charge in [0.1, 0.15) is 22.9 Å². The van der Waals surface area contributed by atoms with Gasteiger partial charge in [0.25, 0.3) is 23.6 Å². The summed E-state index contributed by atoms with van der Waals surface area (Å²) in [6.45, 7) is 2.32. The Labute approximate surface area is 422 Å². The normalized spacial score (nSPS) is 12.0. The Morgan fingerprint density at radius 3 is 1.39 bits per heavy atom. The zero-order valence-corrected chi connectivity index (χ0v) is 41.3. The number of carbonyl (C=O) groups excluding carboxylic acids is 6. The molecule has 0 aliphatic rings. The summed E-state index contributed by atoms with van der Waals surface area (Å²) in [5.41, 5.74) is 3.92. The molecule has 5 aromatic carbocycles. The van der Waals surface area contributed by atoms with Gasteiger partial charge in [-0.15, -0.1) is 34.8 Å². The predicted octanol–water partition coefficient (Wildman–Crippen LogP) is 11.2. The molecule has 0 aromatic heterocycles. The van der Waals surface area contributed by atoms with Crippen molar-refractivity contribution in [1.29, 1.82) is 0 Å². The van der Waals surface area contributed by atoms with E-state index < -0.39 is 47.3 Å². The minimum Gasteiger partial charge on any atom is -0.497 e. The van der Waals surface area contributed by atoms with Crippen molar-refractivity contribution < 1.29 is 38.2 Å². The van der Waals surface area contributed by atoms with Crippen LogP contribution in [0.1, 0.15) is 51.3 Å². The highest BCUT2D eigenvalue weighted by Crippen LogP contribution is 2.31. The molecule has 0 aliphatic carbocycles. The SMILES string of the molecule is COc1cc(CCCl)cc(NC(=O)c2ccc(Cl)c(N=NC(C(C)=O)C(=O)Nc3ccc(NC(=O)C(N=Nc4cc(C(=O)Nc5cc(CCCl)cc(OC)c5)ccc4Cl)C(C)=O)c(CCCl)c3)c2)c1. The molecule has 5 aromatic rings. The number of amides is 4. The van der Waals surface area contributed by atoms with Crippen molar-refractivity contribution in [3.8, 4) is 11.5 Å². The van der Waals surface area contributed by atoms with Gasteiger partial charge in [0, 0.05) is 63.6 Å². The first kappa shape index (κ1) is 53.5. The van der Waals surface area contributed by atoms with Gasteiger partial charge in [-0.3, -0.25) is 28.8 Å². The molecule has 360 valence electrons. The molecule has 0 radical (unpaired) electrons. The third-order valence-corrected chi connectivity index (χ3v) is 11.1. The van der Waals surface area contributed by atoms with Gasteiger partial charge in [0.2, 0.25) is 12.1 Å². The van der Waals surface area contributed by atoms with Crippen LogP contribution in [0.5, 0.6) is 11.5 Å². The van der Waals surface area contributed by atoms with Crippen LogP contribution in [-0.4, -0.2) is 79.1 Å². The monoisotopic (exact) mass is 1040 g/mol. The fourth-order valence-electron chi connectivity index (χ4n) is 6.47. The summed E-state index contributed by atoms with van der Waals surface area (Å²) >= 11 is 30.7. The van der Waals surface area contributed by atoms with Crippen molar-refractivity contribution in [3.63, 3.8) is 0 Å². The lowest BCUT2D eigenvalue weighted by Gasteiger charge is -2.15. The standard InChI is InChI=1S/C48H45Cl5N8O8/c1-26(62)43(60-58-41-22-31(5-8-38(41)52)45(64)55-34-17-28(11-14-49)19-36(24-34)68-3)47(66)54-33-7-10-40(30(21-33)13-16-51)57-48(67)44(27(2)63)61-59-42-23-32(6-9-39(42)53)46(65)56-35-18-29(12-15-50)20-37(25-35)69-4/h5-10,17-25,43-44H,11-16H2,1-4H3,(H,54,66)(H,55,64)(H,56,65)(H,57,67). The molecule has 16 nitrogen and oxygen atoms in total. The minimum absolute atomic E-state index is 0.0186. The maximum Gasteiger partial charge on any atom is 0.258 e. The first-order chi connectivity index (χ1) is 33.0. The molecule has 5 rings (SSSR count). The molecule has 2 unspecified atom stereocenters. The second-order valence-corrected chi connectivity index (χ2v) is 17.0. The molecule has 69 heavy (non-hydrogen) atoms. The summed E-state index contributed by atoms with van der Waals surface area (Å²) in [5, 5.41) is 27.2. The van der Waals surface area contributed by atoms with Crippen LogP contribution in [0.25, 0.3) is 0 Å². The lowest BCUT2D eigenvalue weighted by molar-refractivity contribution is -0.127. The lowest BCUT2D eigenvalue weighted by atomic mass is 10.1. The highest BCUT2D eigenvalue weighted by atomic mass is 35.5. The number of hydrogen-bond acceptors (Lipinski definition) is 12. The number of ether oxygens (including phenoxy) is 2. The zero-order valence-electron chi connectivity index (χ0n) is 37.5. The van der Waals surface area contributed by atoms with E-state index in [1.165, 1.54) is 68.8 Å². The molecule has 0 spiro atoms. The van der Waals surface area contributed by atoms with Gasteiger partial charge in [-0.25, -0.2) is 0 Å². The van der Waals surface area contributed by atoms with Crippen LogP contribution in [0.2, 0.25) is 10.0 Å². The summed E-state index contributed by atoms with van der Waals surface area (Å²) in [4.78, 5) is 79.0. The molecule has 0 aliphatic heterocycles. The predicted molar refractivity (Wildman–Crippen MR) is 270 cm³/mol. The molecular weight excluding hydrogens is 994 g/mol. The number of anilines is 4. The van der Waals surface area contributed by atoms with Gasteiger partial charge in [-0.1, -0.05) is 23.2 Å². The van der Waals surface area contributed by atoms with Crippen LogP contribution >= 0.6 is 58.0 Å². The van der Waals surface area contributed by atoms with E-state index in [9.17, 15) is 28.8 Å². The Bertz CT molecular complexity index is 2810. The number of halogens is 5. The van der Waals surface area contributed by atoms with Crippen LogP contribution in [-0.2, 0) is 38.4 Å². The van der Waals surface area contributed by atoms with Crippen molar-refractivity contribution in [3.05, 3.63) is 129 Å². The average Bonchev–Trinajstić information content (AvgIpc) is 3.30. The molecule has 21 heteroatoms. The van der Waals surface area contributed by atoms with Crippen molar-refractivity contribution >= 4 is 127 Å². The molecule has 0 heterocycles. The highest BCUT2D eigenvalue weighted by molar-refractivity contribution is 6.33. The van der Waals surface area contributed by atoms with Gasteiger partial charge in [-0.2, -0.15) is 20.5 Å². The minimum atomic E-state index is -1.63. The molecule has 0 fully saturated rings. The molecular formula is C48H45Cl5N8O8. The number of methoxy groups -OCH3 is 2. The Balaban J connectivity index is 1.28. The number of Topliss-reactive ketones (excluding diaryl/α,β-unsaturated/α-hetero) is 2. The van der Waals surface area contributed by atoms with E-state index in [1.807, 2.05) is 12.1 Å². The molecule has 0 saturated carbocycles. The molecule has 4 N–H and O–H groups in total. The molecule has 0 bridgehead atoms. The number of nitrogens with zero attached hydrogens (tertiary/aromatic N) is 4. The number of rotatable bonds is 22. The number of hydrogen-bond donors (Lipinski definition) is 4. The number of benzene rings is 5. The van der Waals surface area contributed by atoms with E-state index in [0.717, 1.165) is 25.0 Å². The van der Waals surface area contributed by atoms with Gasteiger partial charge >= 0.3 is 0 Å². The first-order valence-electron chi connectivity index (χ1n) is 20.9. The maximum absolute atomic E-state index is 13.6. The van der Waals surface area contributed by atoms with E-state index in [0.29, 0.717) is 53.0 Å². The maximum atomic E-state index is 13.6. The highest BCUT2D eigenvalue weighted by Gasteiger charge is 2.26. The van der Waals surface area contributed by atoms with Crippen molar-refractivity contribution in [2.75, 3.05) is 53.1 Å². The average molecular weight is 1040 g/mol. The quantitative estimate of drug-likeness (QED) is 0.0296. The summed E-state index contributed by atoms with van der Waals surface area (Å²) in [7, 11) is 3.02.